The van der Waals surface area contributed by atoms with E-state index in [1.807, 2.05) is 37.3 Å². The van der Waals surface area contributed by atoms with Crippen molar-refractivity contribution in [2.75, 3.05) is 0 Å². The van der Waals surface area contributed by atoms with E-state index in [0.29, 0.717) is 10.9 Å². The first-order valence-electron chi connectivity index (χ1n) is 8.99. The topological polar surface area (TPSA) is 92.5 Å². The molecular weight excluding hydrogens is 358 g/mol. The van der Waals surface area contributed by atoms with Gasteiger partial charge in [-0.15, -0.1) is 0 Å². The first-order chi connectivity index (χ1) is 13.5. The van der Waals surface area contributed by atoms with Crippen molar-refractivity contribution in [3.8, 4) is 0 Å². The summed E-state index contributed by atoms with van der Waals surface area (Å²) in [6, 6.07) is 11.9. The summed E-state index contributed by atoms with van der Waals surface area (Å²) in [5, 5.41) is 10.0. The molecule has 0 radical (unpaired) electrons. The van der Waals surface area contributed by atoms with Crippen LogP contribution in [0.25, 0.3) is 10.9 Å². The van der Waals surface area contributed by atoms with Crippen molar-refractivity contribution in [2.45, 2.75) is 32.5 Å². The van der Waals surface area contributed by atoms with Crippen molar-refractivity contribution in [1.82, 2.24) is 14.5 Å². The predicted octanol–water partition coefficient (Wildman–Crippen LogP) is 1.74. The lowest BCUT2D eigenvalue weighted by molar-refractivity contribution is -0.151. The average Bonchev–Trinajstić information content (AvgIpc) is 2.69. The molecule has 142 valence electrons. The second-order valence-corrected chi connectivity index (χ2v) is 7.00. The normalized spacial score (nSPS) is 16.0. The maximum absolute atomic E-state index is 12.9. The molecule has 2 heterocycles. The first-order valence-corrected chi connectivity index (χ1v) is 8.99. The molecule has 0 spiro atoms. The Morgan fingerprint density at radius 3 is 2.64 bits per heavy atom. The van der Waals surface area contributed by atoms with E-state index in [2.05, 4.69) is 4.98 Å². The number of para-hydroxylation sites is 1. The van der Waals surface area contributed by atoms with Gasteiger partial charge in [-0.1, -0.05) is 36.4 Å². The van der Waals surface area contributed by atoms with Crippen LogP contribution in [0.2, 0.25) is 0 Å². The molecule has 7 heteroatoms. The van der Waals surface area contributed by atoms with Crippen LogP contribution < -0.4 is 5.56 Å². The van der Waals surface area contributed by atoms with Crippen LogP contribution in [0.4, 0.5) is 0 Å². The molecule has 0 saturated carbocycles. The van der Waals surface area contributed by atoms with Crippen molar-refractivity contribution in [3.05, 3.63) is 75.8 Å². The van der Waals surface area contributed by atoms with Gasteiger partial charge in [-0.2, -0.15) is 0 Å². The zero-order chi connectivity index (χ0) is 19.8. The van der Waals surface area contributed by atoms with Gasteiger partial charge in [0.15, 0.2) is 0 Å². The van der Waals surface area contributed by atoms with Gasteiger partial charge < -0.3 is 10.0 Å². The summed E-state index contributed by atoms with van der Waals surface area (Å²) in [6.45, 7) is 1.83. The van der Waals surface area contributed by atoms with Crippen molar-refractivity contribution < 1.29 is 14.7 Å². The summed E-state index contributed by atoms with van der Waals surface area (Å²) >= 11 is 0. The highest BCUT2D eigenvalue weighted by atomic mass is 16.4. The second kappa shape index (κ2) is 6.92. The van der Waals surface area contributed by atoms with Crippen molar-refractivity contribution in [2.24, 2.45) is 0 Å². The molecule has 1 aromatic heterocycles. The summed E-state index contributed by atoms with van der Waals surface area (Å²) in [4.78, 5) is 43.0. The number of nitrogens with zero attached hydrogens (tertiary/aromatic N) is 3. The molecule has 7 nitrogen and oxygen atoms in total. The number of amides is 1. The number of hydrogen-bond donors (Lipinski definition) is 1. The lowest BCUT2D eigenvalue weighted by atomic mass is 9.94. The standard InChI is InChI=1S/C21H19N3O4/c1-13-5-4-8-16-19(13)22-12-23(20(16)26)11-18(25)24-10-15-7-3-2-6-14(15)9-17(24)21(27)28/h2-8,12,17H,9-11H2,1H3,(H,27,28)/t17-/m0/s1. The number of aromatic nitrogens is 2. The first kappa shape index (κ1) is 17.9. The van der Waals surface area contributed by atoms with Crippen LogP contribution in [-0.4, -0.2) is 37.5 Å². The average molecular weight is 377 g/mol. The minimum atomic E-state index is -1.05. The third-order valence-corrected chi connectivity index (χ3v) is 5.21. The minimum Gasteiger partial charge on any atom is -0.480 e. The number of fused-ring (bicyclic) bond motifs is 2. The minimum absolute atomic E-state index is 0.209. The Morgan fingerprint density at radius 2 is 1.89 bits per heavy atom. The number of benzene rings is 2. The molecule has 4 rings (SSSR count). The van der Waals surface area contributed by atoms with Gasteiger partial charge in [-0.25, -0.2) is 9.78 Å². The van der Waals surface area contributed by atoms with E-state index in [1.54, 1.807) is 12.1 Å². The van der Waals surface area contributed by atoms with Gasteiger partial charge in [0.1, 0.15) is 12.6 Å². The molecule has 0 saturated heterocycles. The van der Waals surface area contributed by atoms with Crippen LogP contribution in [0.1, 0.15) is 16.7 Å². The van der Waals surface area contributed by atoms with E-state index in [-0.39, 0.29) is 25.1 Å². The zero-order valence-corrected chi connectivity index (χ0v) is 15.3. The Hall–Kier alpha value is -3.48. The number of aryl methyl sites for hydroxylation is 1. The second-order valence-electron chi connectivity index (χ2n) is 7.00. The number of carbonyl (C=O) groups is 2. The quantitative estimate of drug-likeness (QED) is 0.751. The molecule has 1 amide bonds. The van der Waals surface area contributed by atoms with E-state index >= 15 is 0 Å². The Balaban J connectivity index is 1.66. The number of carboxylic acids is 1. The van der Waals surface area contributed by atoms with Gasteiger partial charge in [0.25, 0.3) is 5.56 Å². The van der Waals surface area contributed by atoms with Crippen LogP contribution >= 0.6 is 0 Å². The fraction of sp³-hybridized carbons (Fsp3) is 0.238. The molecule has 1 aliphatic rings. The highest BCUT2D eigenvalue weighted by Gasteiger charge is 2.34. The fourth-order valence-electron chi connectivity index (χ4n) is 3.69. The lowest BCUT2D eigenvalue weighted by Crippen LogP contribution is -2.50. The lowest BCUT2D eigenvalue weighted by Gasteiger charge is -2.34. The largest absolute Gasteiger partial charge is 0.480 e. The number of hydrogen-bond acceptors (Lipinski definition) is 4. The highest BCUT2D eigenvalue weighted by molar-refractivity contribution is 5.85. The maximum atomic E-state index is 12.9. The van der Waals surface area contributed by atoms with Crippen LogP contribution in [-0.2, 0) is 29.1 Å². The Bertz CT molecular complexity index is 1150. The molecule has 0 fully saturated rings. The molecule has 2 aromatic carbocycles. The number of rotatable bonds is 3. The monoisotopic (exact) mass is 377 g/mol. The van der Waals surface area contributed by atoms with Gasteiger partial charge in [0.05, 0.1) is 17.2 Å². The number of aliphatic carboxylic acids is 1. The van der Waals surface area contributed by atoms with Gasteiger partial charge in [-0.05, 0) is 29.7 Å². The van der Waals surface area contributed by atoms with Gasteiger partial charge in [0, 0.05) is 13.0 Å². The molecule has 28 heavy (non-hydrogen) atoms. The molecule has 0 aliphatic carbocycles. The molecule has 3 aromatic rings. The highest BCUT2D eigenvalue weighted by Crippen LogP contribution is 2.24. The van der Waals surface area contributed by atoms with E-state index in [0.717, 1.165) is 16.7 Å². The van der Waals surface area contributed by atoms with Crippen LogP contribution in [0.3, 0.4) is 0 Å². The smallest absolute Gasteiger partial charge is 0.326 e. The van der Waals surface area contributed by atoms with Crippen LogP contribution in [0, 0.1) is 6.92 Å². The van der Waals surface area contributed by atoms with E-state index in [1.165, 1.54) is 15.8 Å². The SMILES string of the molecule is Cc1cccc2c(=O)n(CC(=O)N3Cc4ccccc4C[C@H]3C(=O)O)cnc12. The number of carboxylic acid groups (broad SMARTS) is 1. The molecule has 1 N–H and O–H groups in total. The van der Waals surface area contributed by atoms with Crippen molar-refractivity contribution in [3.63, 3.8) is 0 Å². The van der Waals surface area contributed by atoms with E-state index < -0.39 is 17.9 Å². The third-order valence-electron chi connectivity index (χ3n) is 5.21. The van der Waals surface area contributed by atoms with Gasteiger partial charge in [-0.3, -0.25) is 14.2 Å². The van der Waals surface area contributed by atoms with Crippen LogP contribution in [0.15, 0.2) is 53.6 Å². The predicted molar refractivity (Wildman–Crippen MR) is 103 cm³/mol. The maximum Gasteiger partial charge on any atom is 0.326 e. The molecule has 1 aliphatic heterocycles. The van der Waals surface area contributed by atoms with Crippen LogP contribution in [0.5, 0.6) is 0 Å². The zero-order valence-electron chi connectivity index (χ0n) is 15.3. The summed E-state index contributed by atoms with van der Waals surface area (Å²) in [6.07, 6.45) is 1.60. The van der Waals surface area contributed by atoms with Gasteiger partial charge >= 0.3 is 5.97 Å². The summed E-state index contributed by atoms with van der Waals surface area (Å²) in [7, 11) is 0. The Labute approximate surface area is 160 Å². The summed E-state index contributed by atoms with van der Waals surface area (Å²) in [5.74, 6) is -1.47. The Kier molecular flexibility index (Phi) is 4.43. The van der Waals surface area contributed by atoms with Crippen molar-refractivity contribution in [1.29, 1.82) is 0 Å². The number of carbonyl (C=O) groups excluding carboxylic acids is 1. The Morgan fingerprint density at radius 1 is 1.14 bits per heavy atom. The van der Waals surface area contributed by atoms with Gasteiger partial charge in [0.2, 0.25) is 5.91 Å². The third kappa shape index (κ3) is 3.05. The van der Waals surface area contributed by atoms with E-state index in [9.17, 15) is 19.5 Å². The summed E-state index contributed by atoms with van der Waals surface area (Å²) in [5.41, 5.74) is 3.02. The van der Waals surface area contributed by atoms with E-state index in [4.69, 9.17) is 0 Å². The van der Waals surface area contributed by atoms with Crippen molar-refractivity contribution >= 4 is 22.8 Å². The summed E-state index contributed by atoms with van der Waals surface area (Å²) < 4.78 is 1.24. The molecule has 0 bridgehead atoms. The fourth-order valence-corrected chi connectivity index (χ4v) is 3.69. The molecule has 0 unspecified atom stereocenters. The molecule has 1 atom stereocenters. The molecular formula is C21H19N3O4.